The van der Waals surface area contributed by atoms with Crippen LogP contribution >= 0.6 is 23.7 Å². The minimum Gasteiger partial charge on any atom is -0.316 e. The number of hydrogen-bond donors (Lipinski definition) is 2. The second-order valence-corrected chi connectivity index (χ2v) is 6.97. The number of carbonyl (C=O) groups excluding carboxylic acids is 1. The summed E-state index contributed by atoms with van der Waals surface area (Å²) in [7, 11) is 0. The molecule has 1 aliphatic heterocycles. The summed E-state index contributed by atoms with van der Waals surface area (Å²) in [5.74, 6) is 0.116. The lowest BCUT2D eigenvalue weighted by molar-refractivity contribution is -0.125. The van der Waals surface area contributed by atoms with E-state index >= 15 is 0 Å². The second-order valence-electron chi connectivity index (χ2n) is 5.89. The number of thiazole rings is 1. The largest absolute Gasteiger partial charge is 0.316 e. The molecule has 4 nitrogen and oxygen atoms in total. The van der Waals surface area contributed by atoms with Crippen molar-refractivity contribution in [2.75, 3.05) is 18.4 Å². The van der Waals surface area contributed by atoms with Crippen molar-refractivity contribution in [3.63, 3.8) is 0 Å². The Hall–Kier alpha value is -0.650. The number of rotatable bonds is 2. The Bertz CT molecular complexity index is 459. The summed E-state index contributed by atoms with van der Waals surface area (Å²) < 4.78 is 0. The highest BCUT2D eigenvalue weighted by Gasteiger charge is 2.35. The summed E-state index contributed by atoms with van der Waals surface area (Å²) in [6.07, 6.45) is 6.70. The summed E-state index contributed by atoms with van der Waals surface area (Å²) >= 11 is 1.66. The van der Waals surface area contributed by atoms with Gasteiger partial charge in [0.05, 0.1) is 11.1 Å². The highest BCUT2D eigenvalue weighted by molar-refractivity contribution is 7.15. The monoisotopic (exact) mass is 315 g/mol. The van der Waals surface area contributed by atoms with Gasteiger partial charge in [-0.15, -0.1) is 23.7 Å². The molecular formula is C14H22ClN3OS. The number of piperidine rings is 1. The summed E-state index contributed by atoms with van der Waals surface area (Å²) in [4.78, 5) is 18.4. The number of amides is 1. The van der Waals surface area contributed by atoms with Gasteiger partial charge < -0.3 is 10.6 Å². The molecule has 3 rings (SSSR count). The zero-order valence-corrected chi connectivity index (χ0v) is 13.5. The summed E-state index contributed by atoms with van der Waals surface area (Å²) in [6.45, 7) is 3.83. The number of carbonyl (C=O) groups is 1. The molecule has 1 fully saturated rings. The van der Waals surface area contributed by atoms with Crippen molar-refractivity contribution in [2.45, 2.75) is 45.4 Å². The maximum Gasteiger partial charge on any atom is 0.233 e. The van der Waals surface area contributed by atoms with Crippen LogP contribution < -0.4 is 10.6 Å². The Labute approximate surface area is 130 Å². The molecule has 2 N–H and O–H groups in total. The van der Waals surface area contributed by atoms with Gasteiger partial charge in [0.25, 0.3) is 0 Å². The quantitative estimate of drug-likeness (QED) is 0.882. The van der Waals surface area contributed by atoms with E-state index < -0.39 is 0 Å². The van der Waals surface area contributed by atoms with Gasteiger partial charge in [-0.25, -0.2) is 4.98 Å². The third-order valence-corrected chi connectivity index (χ3v) is 5.28. The van der Waals surface area contributed by atoms with Gasteiger partial charge in [-0.1, -0.05) is 0 Å². The number of aryl methyl sites for hydroxylation is 2. The number of nitrogens with one attached hydrogen (secondary N) is 2. The van der Waals surface area contributed by atoms with Crippen molar-refractivity contribution >= 4 is 34.8 Å². The number of anilines is 1. The molecule has 0 bridgehead atoms. The van der Waals surface area contributed by atoms with Gasteiger partial charge in [-0.3, -0.25) is 4.79 Å². The van der Waals surface area contributed by atoms with Gasteiger partial charge in [0.2, 0.25) is 5.91 Å². The summed E-state index contributed by atoms with van der Waals surface area (Å²) in [5.41, 5.74) is 0.920. The van der Waals surface area contributed by atoms with Crippen LogP contribution in [0.5, 0.6) is 0 Å². The van der Waals surface area contributed by atoms with Gasteiger partial charge in [0.1, 0.15) is 0 Å². The molecule has 1 atom stereocenters. The molecule has 1 aliphatic carbocycles. The van der Waals surface area contributed by atoms with Gasteiger partial charge in [-0.05, 0) is 52.0 Å². The van der Waals surface area contributed by atoms with Crippen LogP contribution in [-0.4, -0.2) is 24.0 Å². The van der Waals surface area contributed by atoms with E-state index in [1.54, 1.807) is 11.3 Å². The fraction of sp³-hybridized carbons (Fsp3) is 0.714. The topological polar surface area (TPSA) is 54.0 Å². The van der Waals surface area contributed by atoms with E-state index in [1.807, 2.05) is 6.92 Å². The van der Waals surface area contributed by atoms with Crippen molar-refractivity contribution in [3.8, 4) is 0 Å². The second kappa shape index (κ2) is 6.41. The van der Waals surface area contributed by atoms with Gasteiger partial charge in [0.15, 0.2) is 5.13 Å². The molecule has 6 heteroatoms. The number of nitrogens with zero attached hydrogens (tertiary/aromatic N) is 1. The first-order valence-electron chi connectivity index (χ1n) is 7.18. The van der Waals surface area contributed by atoms with E-state index in [0.29, 0.717) is 0 Å². The fourth-order valence-corrected chi connectivity index (χ4v) is 3.95. The zero-order chi connectivity index (χ0) is 13.3. The van der Waals surface area contributed by atoms with Gasteiger partial charge >= 0.3 is 0 Å². The molecule has 0 aromatic carbocycles. The molecule has 1 unspecified atom stereocenters. The third-order valence-electron chi connectivity index (χ3n) is 4.21. The van der Waals surface area contributed by atoms with Crippen LogP contribution in [0.15, 0.2) is 0 Å². The number of hydrogen-bond acceptors (Lipinski definition) is 4. The van der Waals surface area contributed by atoms with Crippen molar-refractivity contribution in [2.24, 2.45) is 5.41 Å². The van der Waals surface area contributed by atoms with Crippen LogP contribution in [0.1, 0.15) is 43.2 Å². The van der Waals surface area contributed by atoms with E-state index in [0.717, 1.165) is 43.9 Å². The van der Waals surface area contributed by atoms with Crippen molar-refractivity contribution in [1.29, 1.82) is 0 Å². The van der Waals surface area contributed by atoms with Crippen LogP contribution in [0, 0.1) is 5.41 Å². The molecule has 0 radical (unpaired) electrons. The molecule has 1 amide bonds. The van der Waals surface area contributed by atoms with Crippen molar-refractivity contribution in [3.05, 3.63) is 10.6 Å². The first-order valence-corrected chi connectivity index (χ1v) is 8.00. The number of fused-ring (bicyclic) bond motifs is 1. The van der Waals surface area contributed by atoms with Crippen LogP contribution in [0.2, 0.25) is 0 Å². The van der Waals surface area contributed by atoms with Crippen molar-refractivity contribution < 1.29 is 4.79 Å². The highest BCUT2D eigenvalue weighted by Crippen LogP contribution is 2.32. The Morgan fingerprint density at radius 1 is 1.35 bits per heavy atom. The van der Waals surface area contributed by atoms with Crippen LogP contribution in [0.4, 0.5) is 5.13 Å². The lowest BCUT2D eigenvalue weighted by Gasteiger charge is -2.32. The molecule has 112 valence electrons. The Kier molecular flexibility index (Phi) is 5.04. The Morgan fingerprint density at radius 3 is 2.85 bits per heavy atom. The smallest absolute Gasteiger partial charge is 0.233 e. The Balaban J connectivity index is 0.00000147. The first-order chi connectivity index (χ1) is 9.17. The molecule has 0 saturated carbocycles. The maximum atomic E-state index is 12.4. The lowest BCUT2D eigenvalue weighted by Crippen LogP contribution is -2.46. The van der Waals surface area contributed by atoms with Crippen LogP contribution in [-0.2, 0) is 17.6 Å². The summed E-state index contributed by atoms with van der Waals surface area (Å²) in [6, 6.07) is 0. The van der Waals surface area contributed by atoms with E-state index in [-0.39, 0.29) is 23.7 Å². The number of aromatic nitrogens is 1. The average Bonchev–Trinajstić information content (AvgIpc) is 2.81. The normalized spacial score (nSPS) is 25.4. The van der Waals surface area contributed by atoms with Crippen molar-refractivity contribution in [1.82, 2.24) is 10.3 Å². The molecule has 20 heavy (non-hydrogen) atoms. The molecule has 2 aliphatic rings. The molecule has 0 spiro atoms. The fourth-order valence-electron chi connectivity index (χ4n) is 2.90. The highest BCUT2D eigenvalue weighted by atomic mass is 35.5. The van der Waals surface area contributed by atoms with E-state index in [2.05, 4.69) is 15.6 Å². The molecule has 1 aromatic rings. The first kappa shape index (κ1) is 15.7. The molecule has 2 heterocycles. The maximum absolute atomic E-state index is 12.4. The molecule has 1 aromatic heterocycles. The molecule has 1 saturated heterocycles. The predicted octanol–water partition coefficient (Wildman–Crippen LogP) is 2.77. The predicted molar refractivity (Wildman–Crippen MR) is 84.8 cm³/mol. The van der Waals surface area contributed by atoms with Gasteiger partial charge in [-0.2, -0.15) is 0 Å². The van der Waals surface area contributed by atoms with E-state index in [1.165, 1.54) is 23.4 Å². The minimum atomic E-state index is -0.287. The SMILES string of the molecule is CC1(C(=O)Nc2nc3c(s2)CCCC3)CCCNC1.Cl. The van der Waals surface area contributed by atoms with Crippen LogP contribution in [0.3, 0.4) is 0 Å². The summed E-state index contributed by atoms with van der Waals surface area (Å²) in [5, 5.41) is 7.15. The standard InChI is InChI=1S/C14H21N3OS.ClH/c1-14(7-4-8-15-9-14)12(18)17-13-16-10-5-2-3-6-11(10)19-13;/h15H,2-9H2,1H3,(H,16,17,18);1H. The third kappa shape index (κ3) is 3.15. The Morgan fingerprint density at radius 2 is 2.15 bits per heavy atom. The lowest BCUT2D eigenvalue weighted by atomic mass is 9.82. The van der Waals surface area contributed by atoms with E-state index in [9.17, 15) is 4.79 Å². The van der Waals surface area contributed by atoms with Crippen LogP contribution in [0.25, 0.3) is 0 Å². The zero-order valence-electron chi connectivity index (χ0n) is 11.8. The van der Waals surface area contributed by atoms with E-state index in [4.69, 9.17) is 0 Å². The average molecular weight is 316 g/mol. The number of halogens is 1. The molecular weight excluding hydrogens is 294 g/mol. The minimum absolute atomic E-state index is 0. The van der Waals surface area contributed by atoms with Gasteiger partial charge in [0, 0.05) is 11.4 Å².